The Hall–Kier alpha value is -2.77. The van der Waals surface area contributed by atoms with Gasteiger partial charge in [-0.25, -0.2) is 9.78 Å². The predicted molar refractivity (Wildman–Crippen MR) is 67.1 cm³/mol. The molecular weight excluding hydrogens is 289 g/mol. The molecule has 0 atom stereocenters. The number of nitrogens with zero attached hydrogens (tertiary/aromatic N) is 1. The van der Waals surface area contributed by atoms with Gasteiger partial charge in [0.2, 0.25) is 5.88 Å². The number of benzene rings is 1. The predicted octanol–water partition coefficient (Wildman–Crippen LogP) is 3.17. The van der Waals surface area contributed by atoms with E-state index in [0.717, 1.165) is 24.4 Å². The Labute approximate surface area is 116 Å². The molecule has 0 saturated heterocycles. The van der Waals surface area contributed by atoms with Crippen LogP contribution in [0.15, 0.2) is 36.5 Å². The molecule has 1 aromatic carbocycles. The summed E-state index contributed by atoms with van der Waals surface area (Å²) in [5.41, 5.74) is 3.89. The van der Waals surface area contributed by atoms with E-state index in [9.17, 15) is 18.0 Å². The number of aromatic nitrogens is 1. The van der Waals surface area contributed by atoms with Crippen LogP contribution in [0.1, 0.15) is 15.9 Å². The number of nitrogen functional groups attached to an aromatic ring is 1. The van der Waals surface area contributed by atoms with Gasteiger partial charge < -0.3 is 15.6 Å². The number of carbonyl (C=O) groups is 1. The van der Waals surface area contributed by atoms with E-state index in [1.165, 1.54) is 12.1 Å². The lowest BCUT2D eigenvalue weighted by Crippen LogP contribution is -2.09. The summed E-state index contributed by atoms with van der Waals surface area (Å²) in [6.45, 7) is 0. The molecule has 2 rings (SSSR count). The van der Waals surface area contributed by atoms with Gasteiger partial charge in [-0.1, -0.05) is 12.1 Å². The monoisotopic (exact) mass is 298 g/mol. The van der Waals surface area contributed by atoms with Crippen LogP contribution in [-0.4, -0.2) is 16.1 Å². The van der Waals surface area contributed by atoms with E-state index in [1.54, 1.807) is 0 Å². The molecule has 0 unspecified atom stereocenters. The van der Waals surface area contributed by atoms with Gasteiger partial charge in [0.15, 0.2) is 0 Å². The number of rotatable bonds is 3. The fourth-order valence-corrected chi connectivity index (χ4v) is 1.62. The first-order valence-corrected chi connectivity index (χ1v) is 5.62. The Morgan fingerprint density at radius 3 is 2.52 bits per heavy atom. The van der Waals surface area contributed by atoms with Gasteiger partial charge in [0.25, 0.3) is 0 Å². The maximum atomic E-state index is 12.8. The molecule has 0 fully saturated rings. The second-order valence-corrected chi connectivity index (χ2v) is 3.98. The molecule has 8 heteroatoms. The number of carboxylic acids is 1. The minimum atomic E-state index is -4.62. The first-order chi connectivity index (χ1) is 9.80. The molecule has 3 N–H and O–H groups in total. The first kappa shape index (κ1) is 14.6. The number of hydrogen-bond acceptors (Lipinski definition) is 4. The smallest absolute Gasteiger partial charge is 0.419 e. The van der Waals surface area contributed by atoms with Gasteiger partial charge in [0.1, 0.15) is 11.4 Å². The van der Waals surface area contributed by atoms with Crippen LogP contribution in [-0.2, 0) is 6.18 Å². The lowest BCUT2D eigenvalue weighted by molar-refractivity contribution is -0.138. The maximum absolute atomic E-state index is 12.8. The van der Waals surface area contributed by atoms with Crippen molar-refractivity contribution in [3.63, 3.8) is 0 Å². The van der Waals surface area contributed by atoms with Gasteiger partial charge in [-0.2, -0.15) is 13.2 Å². The van der Waals surface area contributed by atoms with Gasteiger partial charge in [0, 0.05) is 6.20 Å². The third kappa shape index (κ3) is 3.04. The van der Waals surface area contributed by atoms with Gasteiger partial charge in [0.05, 0.1) is 11.1 Å². The number of carboxylic acid groups (broad SMARTS) is 1. The molecule has 2 aromatic rings. The van der Waals surface area contributed by atoms with Crippen molar-refractivity contribution in [2.45, 2.75) is 6.18 Å². The second kappa shape index (κ2) is 5.31. The van der Waals surface area contributed by atoms with Crippen molar-refractivity contribution in [1.82, 2.24) is 4.98 Å². The SMILES string of the molecule is Nc1c(C(=O)O)ccnc1Oc1ccccc1C(F)(F)F. The molecule has 1 heterocycles. The van der Waals surface area contributed by atoms with Gasteiger partial charge in [-0.3, -0.25) is 0 Å². The summed E-state index contributed by atoms with van der Waals surface area (Å²) in [6.07, 6.45) is -3.53. The van der Waals surface area contributed by atoms with Gasteiger partial charge >= 0.3 is 12.1 Å². The summed E-state index contributed by atoms with van der Waals surface area (Å²) in [6, 6.07) is 5.62. The number of halogens is 3. The van der Waals surface area contributed by atoms with Crippen molar-refractivity contribution in [3.05, 3.63) is 47.7 Å². The number of pyridine rings is 1. The molecule has 0 aliphatic carbocycles. The fourth-order valence-electron chi connectivity index (χ4n) is 1.62. The van der Waals surface area contributed by atoms with E-state index >= 15 is 0 Å². The molecule has 110 valence electrons. The molecule has 21 heavy (non-hydrogen) atoms. The summed E-state index contributed by atoms with van der Waals surface area (Å²) < 4.78 is 43.5. The number of anilines is 1. The van der Waals surface area contributed by atoms with E-state index in [-0.39, 0.29) is 11.3 Å². The van der Waals surface area contributed by atoms with Crippen LogP contribution in [0.4, 0.5) is 18.9 Å². The number of hydrogen-bond donors (Lipinski definition) is 2. The number of alkyl halides is 3. The van der Waals surface area contributed by atoms with Crippen LogP contribution in [0, 0.1) is 0 Å². The number of nitrogens with two attached hydrogens (primary N) is 1. The minimum Gasteiger partial charge on any atom is -0.478 e. The van der Waals surface area contributed by atoms with Crippen LogP contribution < -0.4 is 10.5 Å². The Balaban J connectivity index is 2.45. The first-order valence-electron chi connectivity index (χ1n) is 5.62. The van der Waals surface area contributed by atoms with Crippen molar-refractivity contribution >= 4 is 11.7 Å². The summed E-state index contributed by atoms with van der Waals surface area (Å²) >= 11 is 0. The maximum Gasteiger partial charge on any atom is 0.419 e. The molecule has 0 saturated carbocycles. The summed E-state index contributed by atoms with van der Waals surface area (Å²) in [5, 5.41) is 8.90. The lowest BCUT2D eigenvalue weighted by atomic mass is 10.2. The highest BCUT2D eigenvalue weighted by molar-refractivity contribution is 5.94. The summed E-state index contributed by atoms with van der Waals surface area (Å²) in [5.74, 6) is -2.23. The average molecular weight is 298 g/mol. The highest BCUT2D eigenvalue weighted by atomic mass is 19.4. The zero-order chi connectivity index (χ0) is 15.6. The highest BCUT2D eigenvalue weighted by Gasteiger charge is 2.34. The summed E-state index contributed by atoms with van der Waals surface area (Å²) in [4.78, 5) is 14.6. The second-order valence-electron chi connectivity index (χ2n) is 3.98. The summed E-state index contributed by atoms with van der Waals surface area (Å²) in [7, 11) is 0. The van der Waals surface area contributed by atoms with Gasteiger partial charge in [-0.15, -0.1) is 0 Å². The molecule has 0 amide bonds. The molecule has 0 radical (unpaired) electrons. The molecule has 0 aliphatic heterocycles. The molecular formula is C13H9F3N2O3. The average Bonchev–Trinajstić information content (AvgIpc) is 2.40. The minimum absolute atomic E-state index is 0.301. The van der Waals surface area contributed by atoms with E-state index in [1.807, 2.05) is 0 Å². The third-order valence-corrected chi connectivity index (χ3v) is 2.58. The van der Waals surface area contributed by atoms with E-state index in [4.69, 9.17) is 15.6 Å². The molecule has 0 spiro atoms. The lowest BCUT2D eigenvalue weighted by Gasteiger charge is -2.14. The van der Waals surface area contributed by atoms with Crippen LogP contribution in [0.2, 0.25) is 0 Å². The van der Waals surface area contributed by atoms with E-state index in [2.05, 4.69) is 4.98 Å². The molecule has 5 nitrogen and oxygen atoms in total. The van der Waals surface area contributed by atoms with E-state index in [0.29, 0.717) is 0 Å². The zero-order valence-corrected chi connectivity index (χ0v) is 10.4. The topological polar surface area (TPSA) is 85.4 Å². The van der Waals surface area contributed by atoms with Crippen molar-refractivity contribution in [2.75, 3.05) is 5.73 Å². The van der Waals surface area contributed by atoms with Crippen LogP contribution in [0.25, 0.3) is 0 Å². The molecule has 0 aliphatic rings. The normalized spacial score (nSPS) is 11.2. The Morgan fingerprint density at radius 2 is 1.90 bits per heavy atom. The molecule has 1 aromatic heterocycles. The molecule has 0 bridgehead atoms. The largest absolute Gasteiger partial charge is 0.478 e. The quantitative estimate of drug-likeness (QED) is 0.909. The Bertz CT molecular complexity index is 687. The van der Waals surface area contributed by atoms with Crippen molar-refractivity contribution in [2.24, 2.45) is 0 Å². The van der Waals surface area contributed by atoms with Crippen molar-refractivity contribution < 1.29 is 27.8 Å². The van der Waals surface area contributed by atoms with Crippen molar-refractivity contribution in [1.29, 1.82) is 0 Å². The standard InChI is InChI=1S/C13H9F3N2O3/c14-13(15,16)8-3-1-2-4-9(8)21-11-10(17)7(12(19)20)5-6-18-11/h1-6H,17H2,(H,19,20). The van der Waals surface area contributed by atoms with Gasteiger partial charge in [-0.05, 0) is 18.2 Å². The van der Waals surface area contributed by atoms with Crippen LogP contribution >= 0.6 is 0 Å². The highest BCUT2D eigenvalue weighted by Crippen LogP contribution is 2.38. The fraction of sp³-hybridized carbons (Fsp3) is 0.0769. The van der Waals surface area contributed by atoms with Crippen LogP contribution in [0.3, 0.4) is 0 Å². The Kier molecular flexibility index (Phi) is 3.70. The third-order valence-electron chi connectivity index (χ3n) is 2.58. The zero-order valence-electron chi connectivity index (χ0n) is 10.4. The Morgan fingerprint density at radius 1 is 1.24 bits per heavy atom. The number of ether oxygens (including phenoxy) is 1. The number of para-hydroxylation sites is 1. The number of aromatic carboxylic acids is 1. The van der Waals surface area contributed by atoms with Crippen molar-refractivity contribution in [3.8, 4) is 11.6 Å². The van der Waals surface area contributed by atoms with Crippen LogP contribution in [0.5, 0.6) is 11.6 Å². The van der Waals surface area contributed by atoms with E-state index < -0.39 is 29.3 Å².